The minimum atomic E-state index is -0.440. The van der Waals surface area contributed by atoms with Crippen molar-refractivity contribution in [2.75, 3.05) is 13.1 Å². The van der Waals surface area contributed by atoms with E-state index < -0.39 is 5.60 Å². The second-order valence-corrected chi connectivity index (χ2v) is 7.51. The molecule has 2 atom stereocenters. The van der Waals surface area contributed by atoms with E-state index in [0.29, 0.717) is 37.9 Å². The fraction of sp³-hybridized carbons (Fsp3) is 0.409. The molecule has 2 aliphatic rings. The van der Waals surface area contributed by atoms with Crippen LogP contribution in [0.5, 0.6) is 5.75 Å². The van der Waals surface area contributed by atoms with Crippen LogP contribution in [-0.4, -0.2) is 40.4 Å². The molecule has 1 aromatic heterocycles. The van der Waals surface area contributed by atoms with E-state index in [0.717, 1.165) is 17.7 Å². The van der Waals surface area contributed by atoms with E-state index in [2.05, 4.69) is 10.3 Å². The molecule has 0 saturated carbocycles. The first-order valence-corrected chi connectivity index (χ1v) is 9.87. The number of rotatable bonds is 3. The summed E-state index contributed by atoms with van der Waals surface area (Å²) in [5.74, 6) is 0.851. The second-order valence-electron chi connectivity index (χ2n) is 7.51. The number of aromatic nitrogens is 1. The van der Waals surface area contributed by atoms with Crippen molar-refractivity contribution >= 4 is 11.8 Å². The largest absolute Gasteiger partial charge is 0.487 e. The highest BCUT2D eigenvalue weighted by Crippen LogP contribution is 2.44. The van der Waals surface area contributed by atoms with Crippen LogP contribution in [0.4, 0.5) is 0 Å². The standard InChI is InChI=1S/C22H25N3O3/c1-2-25-14-11-22(10-7-20(25)26)15-18(17-5-3-4-6-19(17)28-22)24-21(27)16-8-12-23-13-9-16/h3-6,8-9,12-13,18H,2,7,10-11,14-15H2,1H3,(H,24,27)/t18-,22+/m0/s1. The molecule has 6 heteroatoms. The molecule has 0 aliphatic carbocycles. The van der Waals surface area contributed by atoms with Gasteiger partial charge >= 0.3 is 0 Å². The number of nitrogens with zero attached hydrogens (tertiary/aromatic N) is 2. The van der Waals surface area contributed by atoms with E-state index in [-0.39, 0.29) is 17.9 Å². The Labute approximate surface area is 164 Å². The van der Waals surface area contributed by atoms with Gasteiger partial charge in [0.25, 0.3) is 5.91 Å². The molecule has 2 aromatic rings. The summed E-state index contributed by atoms with van der Waals surface area (Å²) in [6.45, 7) is 3.40. The van der Waals surface area contributed by atoms with Crippen molar-refractivity contribution in [2.45, 2.75) is 44.2 Å². The van der Waals surface area contributed by atoms with Gasteiger partial charge in [-0.05, 0) is 31.5 Å². The Kier molecular flexibility index (Phi) is 5.03. The molecule has 2 amide bonds. The van der Waals surface area contributed by atoms with Crippen molar-refractivity contribution in [3.63, 3.8) is 0 Å². The maximum absolute atomic E-state index is 12.8. The average molecular weight is 379 g/mol. The number of likely N-dealkylation sites (tertiary alicyclic amines) is 1. The van der Waals surface area contributed by atoms with Gasteiger partial charge in [0.15, 0.2) is 0 Å². The lowest BCUT2D eigenvalue weighted by molar-refractivity contribution is -0.130. The molecule has 1 saturated heterocycles. The van der Waals surface area contributed by atoms with Gasteiger partial charge in [0, 0.05) is 55.9 Å². The summed E-state index contributed by atoms with van der Waals surface area (Å²) < 4.78 is 6.46. The van der Waals surface area contributed by atoms with Gasteiger partial charge < -0.3 is 15.0 Å². The van der Waals surface area contributed by atoms with E-state index in [1.807, 2.05) is 36.1 Å². The summed E-state index contributed by atoms with van der Waals surface area (Å²) in [6.07, 6.45) is 5.79. The Hall–Kier alpha value is -2.89. The minimum Gasteiger partial charge on any atom is -0.487 e. The van der Waals surface area contributed by atoms with Gasteiger partial charge in [-0.15, -0.1) is 0 Å². The van der Waals surface area contributed by atoms with E-state index in [4.69, 9.17) is 4.74 Å². The lowest BCUT2D eigenvalue weighted by Gasteiger charge is -2.42. The zero-order chi connectivity index (χ0) is 19.6. The molecule has 1 spiro atoms. The smallest absolute Gasteiger partial charge is 0.251 e. The Bertz CT molecular complexity index is 870. The lowest BCUT2D eigenvalue weighted by Crippen LogP contribution is -2.46. The van der Waals surface area contributed by atoms with Crippen molar-refractivity contribution < 1.29 is 14.3 Å². The van der Waals surface area contributed by atoms with Gasteiger partial charge in [0.2, 0.25) is 5.91 Å². The van der Waals surface area contributed by atoms with Crippen LogP contribution in [0.1, 0.15) is 54.6 Å². The fourth-order valence-corrected chi connectivity index (χ4v) is 4.21. The number of para-hydroxylation sites is 1. The van der Waals surface area contributed by atoms with Crippen LogP contribution in [0.25, 0.3) is 0 Å². The van der Waals surface area contributed by atoms with E-state index >= 15 is 0 Å². The van der Waals surface area contributed by atoms with Gasteiger partial charge in [0.1, 0.15) is 11.4 Å². The first kappa shape index (κ1) is 18.5. The van der Waals surface area contributed by atoms with Gasteiger partial charge in [-0.3, -0.25) is 14.6 Å². The molecule has 4 rings (SSSR count). The summed E-state index contributed by atoms with van der Waals surface area (Å²) in [5.41, 5.74) is 1.13. The molecule has 0 bridgehead atoms. The number of fused-ring (bicyclic) bond motifs is 1. The molecule has 2 aliphatic heterocycles. The van der Waals surface area contributed by atoms with E-state index in [1.54, 1.807) is 24.5 Å². The topological polar surface area (TPSA) is 71.5 Å². The maximum Gasteiger partial charge on any atom is 0.251 e. The molecule has 1 aromatic carbocycles. The average Bonchev–Trinajstić information content (AvgIpc) is 2.87. The third kappa shape index (κ3) is 3.59. The Morgan fingerprint density at radius 1 is 1.25 bits per heavy atom. The number of benzene rings is 1. The van der Waals surface area contributed by atoms with E-state index in [9.17, 15) is 9.59 Å². The van der Waals surface area contributed by atoms with Crippen LogP contribution in [0.15, 0.2) is 48.8 Å². The Morgan fingerprint density at radius 2 is 2.04 bits per heavy atom. The van der Waals surface area contributed by atoms with Crippen molar-refractivity contribution in [3.8, 4) is 5.75 Å². The van der Waals surface area contributed by atoms with Gasteiger partial charge in [-0.1, -0.05) is 18.2 Å². The number of ether oxygens (including phenoxy) is 1. The maximum atomic E-state index is 12.8. The van der Waals surface area contributed by atoms with Gasteiger partial charge in [-0.25, -0.2) is 0 Å². The Morgan fingerprint density at radius 3 is 2.82 bits per heavy atom. The highest BCUT2D eigenvalue weighted by molar-refractivity contribution is 5.94. The summed E-state index contributed by atoms with van der Waals surface area (Å²) in [7, 11) is 0. The molecule has 6 nitrogen and oxygen atoms in total. The first-order valence-electron chi connectivity index (χ1n) is 9.87. The molecule has 0 radical (unpaired) electrons. The number of nitrogens with one attached hydrogen (secondary N) is 1. The predicted octanol–water partition coefficient (Wildman–Crippen LogP) is 3.11. The van der Waals surface area contributed by atoms with Crippen molar-refractivity contribution in [3.05, 3.63) is 59.9 Å². The highest BCUT2D eigenvalue weighted by Gasteiger charge is 2.43. The third-order valence-corrected chi connectivity index (χ3v) is 5.81. The zero-order valence-electron chi connectivity index (χ0n) is 16.1. The SMILES string of the molecule is CCN1CC[C@]2(CCC1=O)C[C@H](NC(=O)c1ccncc1)c1ccccc1O2. The summed E-state index contributed by atoms with van der Waals surface area (Å²) in [5, 5.41) is 3.17. The fourth-order valence-electron chi connectivity index (χ4n) is 4.21. The molecular weight excluding hydrogens is 354 g/mol. The van der Waals surface area contributed by atoms with Crippen LogP contribution >= 0.6 is 0 Å². The van der Waals surface area contributed by atoms with Crippen LogP contribution in [0.2, 0.25) is 0 Å². The minimum absolute atomic E-state index is 0.126. The number of pyridine rings is 1. The quantitative estimate of drug-likeness (QED) is 0.890. The number of carbonyl (C=O) groups excluding carboxylic acids is 2. The number of hydrogen-bond acceptors (Lipinski definition) is 4. The summed E-state index contributed by atoms with van der Waals surface area (Å²) in [6, 6.07) is 11.1. The number of hydrogen-bond donors (Lipinski definition) is 1. The molecule has 146 valence electrons. The zero-order valence-corrected chi connectivity index (χ0v) is 16.1. The number of amides is 2. The molecule has 3 heterocycles. The predicted molar refractivity (Wildman–Crippen MR) is 105 cm³/mol. The van der Waals surface area contributed by atoms with Crippen LogP contribution in [0.3, 0.4) is 0 Å². The molecular formula is C22H25N3O3. The van der Waals surface area contributed by atoms with Crippen molar-refractivity contribution in [1.82, 2.24) is 15.2 Å². The van der Waals surface area contributed by atoms with Crippen LogP contribution in [-0.2, 0) is 4.79 Å². The van der Waals surface area contributed by atoms with E-state index in [1.165, 1.54) is 0 Å². The summed E-state index contributed by atoms with van der Waals surface area (Å²) in [4.78, 5) is 31.0. The molecule has 28 heavy (non-hydrogen) atoms. The summed E-state index contributed by atoms with van der Waals surface area (Å²) >= 11 is 0. The van der Waals surface area contributed by atoms with Gasteiger partial charge in [0.05, 0.1) is 6.04 Å². The highest BCUT2D eigenvalue weighted by atomic mass is 16.5. The first-order chi connectivity index (χ1) is 13.6. The molecule has 0 unspecified atom stereocenters. The number of carbonyl (C=O) groups is 2. The molecule has 1 fully saturated rings. The molecule has 1 N–H and O–H groups in total. The van der Waals surface area contributed by atoms with Crippen LogP contribution < -0.4 is 10.1 Å². The van der Waals surface area contributed by atoms with Gasteiger partial charge in [-0.2, -0.15) is 0 Å². The van der Waals surface area contributed by atoms with Crippen molar-refractivity contribution in [2.24, 2.45) is 0 Å². The Balaban J connectivity index is 1.61. The normalized spacial score (nSPS) is 24.2. The third-order valence-electron chi connectivity index (χ3n) is 5.81. The van der Waals surface area contributed by atoms with Crippen molar-refractivity contribution in [1.29, 1.82) is 0 Å². The monoisotopic (exact) mass is 379 g/mol. The second kappa shape index (κ2) is 7.62. The lowest BCUT2D eigenvalue weighted by atomic mass is 9.82. The van der Waals surface area contributed by atoms with Crippen LogP contribution in [0, 0.1) is 0 Å².